The highest BCUT2D eigenvalue weighted by Crippen LogP contribution is 2.26. The van der Waals surface area contributed by atoms with E-state index in [0.717, 1.165) is 23.7 Å². The Morgan fingerprint density at radius 3 is 2.63 bits per heavy atom. The van der Waals surface area contributed by atoms with Gasteiger partial charge in [0.2, 0.25) is 5.91 Å². The molecule has 1 amide bonds. The minimum atomic E-state index is -0.243. The molecule has 1 aliphatic rings. The third-order valence-electron chi connectivity index (χ3n) is 4.28. The second-order valence-corrected chi connectivity index (χ2v) is 7.86. The van der Waals surface area contributed by atoms with Gasteiger partial charge in [0.05, 0.1) is 10.6 Å². The van der Waals surface area contributed by atoms with Crippen molar-refractivity contribution >= 4 is 34.7 Å². The van der Waals surface area contributed by atoms with E-state index in [1.165, 1.54) is 35.2 Å². The lowest BCUT2D eigenvalue weighted by Gasteiger charge is -2.36. The van der Waals surface area contributed by atoms with E-state index in [1.54, 1.807) is 12.1 Å². The summed E-state index contributed by atoms with van der Waals surface area (Å²) < 4.78 is 18.6. The van der Waals surface area contributed by atoms with Crippen molar-refractivity contribution in [2.24, 2.45) is 0 Å². The lowest BCUT2D eigenvalue weighted by molar-refractivity contribution is -0.128. The fourth-order valence-electron chi connectivity index (χ4n) is 2.85. The molecular formula is C18H17FN4O2S2. The molecule has 1 saturated heterocycles. The number of rotatable bonds is 5. The molecule has 3 aromatic rings. The topological polar surface area (TPSA) is 62.5 Å². The van der Waals surface area contributed by atoms with Crippen LogP contribution in [0.2, 0.25) is 0 Å². The number of hydrogen-bond donors (Lipinski definition) is 0. The summed E-state index contributed by atoms with van der Waals surface area (Å²) in [4.78, 5) is 17.3. The molecule has 9 heteroatoms. The summed E-state index contributed by atoms with van der Waals surface area (Å²) in [5.74, 6) is 0.554. The molecular weight excluding hydrogens is 387 g/mol. The predicted octanol–water partition coefficient (Wildman–Crippen LogP) is 3.38. The van der Waals surface area contributed by atoms with Gasteiger partial charge < -0.3 is 14.2 Å². The van der Waals surface area contributed by atoms with Crippen molar-refractivity contribution in [1.82, 2.24) is 15.1 Å². The molecule has 2 aromatic heterocycles. The molecule has 140 valence electrons. The van der Waals surface area contributed by atoms with Crippen LogP contribution in [-0.2, 0) is 4.79 Å². The molecule has 0 saturated carbocycles. The van der Waals surface area contributed by atoms with Gasteiger partial charge in [-0.15, -0.1) is 21.5 Å². The van der Waals surface area contributed by atoms with Gasteiger partial charge in [0, 0.05) is 31.9 Å². The second-order valence-electron chi connectivity index (χ2n) is 5.98. The first-order valence-electron chi connectivity index (χ1n) is 8.47. The van der Waals surface area contributed by atoms with Crippen molar-refractivity contribution in [3.8, 4) is 10.8 Å². The van der Waals surface area contributed by atoms with Crippen LogP contribution in [0.4, 0.5) is 10.1 Å². The van der Waals surface area contributed by atoms with Crippen molar-refractivity contribution in [2.45, 2.75) is 5.22 Å². The molecule has 4 rings (SSSR count). The number of thiophene rings is 1. The average molecular weight is 404 g/mol. The molecule has 3 heterocycles. The highest BCUT2D eigenvalue weighted by Gasteiger charge is 2.22. The summed E-state index contributed by atoms with van der Waals surface area (Å²) >= 11 is 2.79. The number of aromatic nitrogens is 2. The monoisotopic (exact) mass is 404 g/mol. The van der Waals surface area contributed by atoms with E-state index in [9.17, 15) is 9.18 Å². The number of anilines is 1. The lowest BCUT2D eigenvalue weighted by Crippen LogP contribution is -2.49. The van der Waals surface area contributed by atoms with Crippen molar-refractivity contribution in [2.75, 3.05) is 36.8 Å². The van der Waals surface area contributed by atoms with Crippen molar-refractivity contribution in [3.63, 3.8) is 0 Å². The third-order valence-corrected chi connectivity index (χ3v) is 5.94. The number of thioether (sulfide) groups is 1. The summed E-state index contributed by atoms with van der Waals surface area (Å²) in [6, 6.07) is 10.3. The molecule has 0 radical (unpaired) electrons. The highest BCUT2D eigenvalue weighted by molar-refractivity contribution is 7.99. The Hall–Kier alpha value is -2.39. The Kier molecular flexibility index (Phi) is 5.40. The first-order chi connectivity index (χ1) is 13.2. The van der Waals surface area contributed by atoms with Gasteiger partial charge in [-0.1, -0.05) is 17.8 Å². The Bertz CT molecular complexity index is 890. The summed E-state index contributed by atoms with van der Waals surface area (Å²) in [6.45, 7) is 2.73. The van der Waals surface area contributed by atoms with Gasteiger partial charge in [-0.3, -0.25) is 4.79 Å². The number of carbonyl (C=O) groups excluding carboxylic acids is 1. The van der Waals surface area contributed by atoms with Crippen LogP contribution in [0.3, 0.4) is 0 Å². The van der Waals surface area contributed by atoms with Crippen molar-refractivity contribution in [3.05, 3.63) is 47.6 Å². The fraction of sp³-hybridized carbons (Fsp3) is 0.278. The average Bonchev–Trinajstić information content (AvgIpc) is 3.38. The van der Waals surface area contributed by atoms with Gasteiger partial charge in [0.25, 0.3) is 11.1 Å². The fourth-order valence-corrected chi connectivity index (χ4v) is 4.16. The zero-order valence-electron chi connectivity index (χ0n) is 14.4. The van der Waals surface area contributed by atoms with E-state index in [1.807, 2.05) is 22.4 Å². The normalized spacial score (nSPS) is 14.6. The van der Waals surface area contributed by atoms with Gasteiger partial charge in [0.15, 0.2) is 0 Å². The van der Waals surface area contributed by atoms with Crippen LogP contribution < -0.4 is 4.90 Å². The standard InChI is InChI=1S/C18H17FN4O2S2/c19-13-3-5-14(6-4-13)22-7-9-23(10-8-22)16(24)12-27-18-21-20-17(25-18)15-2-1-11-26-15/h1-6,11H,7-10,12H2. The molecule has 0 N–H and O–H groups in total. The Balaban J connectivity index is 1.27. The van der Waals surface area contributed by atoms with Gasteiger partial charge in [-0.05, 0) is 35.7 Å². The second kappa shape index (κ2) is 8.10. The molecule has 1 fully saturated rings. The number of amides is 1. The summed E-state index contributed by atoms with van der Waals surface area (Å²) in [5.41, 5.74) is 0.977. The SMILES string of the molecule is O=C(CSc1nnc(-c2cccs2)o1)N1CCN(c2ccc(F)cc2)CC1. The van der Waals surface area contributed by atoms with E-state index < -0.39 is 0 Å². The van der Waals surface area contributed by atoms with E-state index in [0.29, 0.717) is 24.2 Å². The number of halogens is 1. The summed E-state index contributed by atoms with van der Waals surface area (Å²) in [5, 5.41) is 10.4. The summed E-state index contributed by atoms with van der Waals surface area (Å²) in [6.07, 6.45) is 0. The first kappa shape index (κ1) is 18.0. The number of benzene rings is 1. The molecule has 1 aromatic carbocycles. The minimum Gasteiger partial charge on any atom is -0.410 e. The zero-order chi connectivity index (χ0) is 18.6. The maximum atomic E-state index is 13.0. The predicted molar refractivity (Wildman–Crippen MR) is 104 cm³/mol. The molecule has 0 unspecified atom stereocenters. The van der Waals surface area contributed by atoms with Crippen molar-refractivity contribution < 1.29 is 13.6 Å². The molecule has 0 aliphatic carbocycles. The van der Waals surface area contributed by atoms with Crippen LogP contribution in [0.5, 0.6) is 0 Å². The maximum absolute atomic E-state index is 13.0. The lowest BCUT2D eigenvalue weighted by atomic mass is 10.2. The number of piperazine rings is 1. The number of nitrogens with zero attached hydrogens (tertiary/aromatic N) is 4. The van der Waals surface area contributed by atoms with Crippen LogP contribution in [0.1, 0.15) is 0 Å². The Labute approximate surface area is 164 Å². The minimum absolute atomic E-state index is 0.0506. The van der Waals surface area contributed by atoms with Crippen LogP contribution in [0, 0.1) is 5.82 Å². The molecule has 27 heavy (non-hydrogen) atoms. The van der Waals surface area contributed by atoms with Crippen LogP contribution in [0.25, 0.3) is 10.8 Å². The quantitative estimate of drug-likeness (QED) is 0.608. The first-order valence-corrected chi connectivity index (χ1v) is 10.3. The van der Waals surface area contributed by atoms with Crippen molar-refractivity contribution in [1.29, 1.82) is 0 Å². The highest BCUT2D eigenvalue weighted by atomic mass is 32.2. The molecule has 0 atom stereocenters. The van der Waals surface area contributed by atoms with E-state index in [4.69, 9.17) is 4.42 Å². The van der Waals surface area contributed by atoms with Crippen LogP contribution in [-0.4, -0.2) is 52.9 Å². The van der Waals surface area contributed by atoms with Gasteiger partial charge in [-0.2, -0.15) is 0 Å². The van der Waals surface area contributed by atoms with Crippen LogP contribution >= 0.6 is 23.1 Å². The summed E-state index contributed by atoms with van der Waals surface area (Å²) in [7, 11) is 0. The number of hydrogen-bond acceptors (Lipinski definition) is 7. The van der Waals surface area contributed by atoms with E-state index in [2.05, 4.69) is 15.1 Å². The van der Waals surface area contributed by atoms with Gasteiger partial charge >= 0.3 is 0 Å². The van der Waals surface area contributed by atoms with E-state index >= 15 is 0 Å². The maximum Gasteiger partial charge on any atom is 0.277 e. The molecule has 1 aliphatic heterocycles. The Morgan fingerprint density at radius 2 is 1.93 bits per heavy atom. The van der Waals surface area contributed by atoms with Gasteiger partial charge in [-0.25, -0.2) is 4.39 Å². The largest absolute Gasteiger partial charge is 0.410 e. The van der Waals surface area contributed by atoms with E-state index in [-0.39, 0.29) is 17.5 Å². The third kappa shape index (κ3) is 4.30. The molecule has 0 spiro atoms. The Morgan fingerprint density at radius 1 is 1.15 bits per heavy atom. The van der Waals surface area contributed by atoms with Gasteiger partial charge in [0.1, 0.15) is 5.82 Å². The smallest absolute Gasteiger partial charge is 0.277 e. The van der Waals surface area contributed by atoms with Crippen LogP contribution in [0.15, 0.2) is 51.4 Å². The molecule has 0 bridgehead atoms. The zero-order valence-corrected chi connectivity index (χ0v) is 16.0. The number of carbonyl (C=O) groups is 1. The molecule has 6 nitrogen and oxygen atoms in total.